The minimum absolute atomic E-state index is 0.0616. The first-order valence-corrected chi connectivity index (χ1v) is 5.47. The fourth-order valence-corrected chi connectivity index (χ4v) is 1.79. The van der Waals surface area contributed by atoms with Gasteiger partial charge in [0.15, 0.2) is 0 Å². The molecule has 1 aromatic carbocycles. The van der Waals surface area contributed by atoms with Crippen LogP contribution in [-0.4, -0.2) is 19.8 Å². The van der Waals surface area contributed by atoms with Gasteiger partial charge in [0, 0.05) is 23.4 Å². The van der Waals surface area contributed by atoms with Crippen molar-refractivity contribution in [2.45, 2.75) is 20.1 Å². The highest BCUT2D eigenvalue weighted by Gasteiger charge is 2.13. The lowest BCUT2D eigenvalue weighted by Crippen LogP contribution is -2.03. The summed E-state index contributed by atoms with van der Waals surface area (Å²) in [6.07, 6.45) is 3.30. The summed E-state index contributed by atoms with van der Waals surface area (Å²) in [5, 5.41) is 23.9. The van der Waals surface area contributed by atoms with E-state index in [4.69, 9.17) is 5.11 Å². The Kier molecular flexibility index (Phi) is 3.38. The van der Waals surface area contributed by atoms with E-state index in [1.54, 1.807) is 30.1 Å². The number of hydrogen-bond acceptors (Lipinski definition) is 4. The zero-order chi connectivity index (χ0) is 13.1. The fraction of sp³-hybridized carbons (Fsp3) is 0.250. The number of aliphatic hydroxyl groups is 1. The van der Waals surface area contributed by atoms with Gasteiger partial charge in [0.2, 0.25) is 0 Å². The van der Waals surface area contributed by atoms with E-state index < -0.39 is 0 Å². The molecule has 0 amide bonds. The van der Waals surface area contributed by atoms with Gasteiger partial charge in [0.25, 0.3) is 5.69 Å². The minimum atomic E-state index is -0.388. The molecule has 18 heavy (non-hydrogen) atoms. The molecule has 0 unspecified atom stereocenters. The molecule has 0 atom stereocenters. The molecule has 0 saturated heterocycles. The SMILES string of the molecule is Cc1c(Cn2cc(CO)cn2)cccc1[N+](=O)[O-]. The molecular weight excluding hydrogens is 234 g/mol. The molecule has 2 rings (SSSR count). The third-order valence-electron chi connectivity index (χ3n) is 2.82. The molecule has 0 aliphatic heterocycles. The van der Waals surface area contributed by atoms with Crippen molar-refractivity contribution >= 4 is 5.69 Å². The third kappa shape index (κ3) is 2.38. The molecule has 2 aromatic rings. The summed E-state index contributed by atoms with van der Waals surface area (Å²) in [5.41, 5.74) is 2.32. The Hall–Kier alpha value is -2.21. The van der Waals surface area contributed by atoms with Gasteiger partial charge >= 0.3 is 0 Å². The van der Waals surface area contributed by atoms with Crippen LogP contribution in [0, 0.1) is 17.0 Å². The van der Waals surface area contributed by atoms with Crippen molar-refractivity contribution in [1.29, 1.82) is 0 Å². The quantitative estimate of drug-likeness (QED) is 0.657. The van der Waals surface area contributed by atoms with E-state index >= 15 is 0 Å². The highest BCUT2D eigenvalue weighted by Crippen LogP contribution is 2.21. The van der Waals surface area contributed by atoms with Gasteiger partial charge in [-0.2, -0.15) is 5.10 Å². The Balaban J connectivity index is 2.29. The van der Waals surface area contributed by atoms with E-state index in [-0.39, 0.29) is 17.2 Å². The molecule has 1 heterocycles. The largest absolute Gasteiger partial charge is 0.392 e. The monoisotopic (exact) mass is 247 g/mol. The lowest BCUT2D eigenvalue weighted by atomic mass is 10.1. The van der Waals surface area contributed by atoms with E-state index in [9.17, 15) is 10.1 Å². The maximum absolute atomic E-state index is 10.8. The first-order valence-electron chi connectivity index (χ1n) is 5.47. The molecule has 0 saturated carbocycles. The molecule has 1 N–H and O–H groups in total. The van der Waals surface area contributed by atoms with Crippen LogP contribution >= 0.6 is 0 Å². The van der Waals surface area contributed by atoms with E-state index in [2.05, 4.69) is 5.10 Å². The molecule has 0 fully saturated rings. The van der Waals surface area contributed by atoms with Gasteiger partial charge in [-0.25, -0.2) is 0 Å². The number of benzene rings is 1. The molecule has 0 aliphatic rings. The normalized spacial score (nSPS) is 10.6. The highest BCUT2D eigenvalue weighted by molar-refractivity contribution is 5.44. The molecular formula is C12H13N3O3. The van der Waals surface area contributed by atoms with Crippen LogP contribution in [0.3, 0.4) is 0 Å². The van der Waals surface area contributed by atoms with Crippen molar-refractivity contribution in [1.82, 2.24) is 9.78 Å². The summed E-state index contributed by atoms with van der Waals surface area (Å²) in [4.78, 5) is 10.4. The number of nitro groups is 1. The molecule has 6 heteroatoms. The highest BCUT2D eigenvalue weighted by atomic mass is 16.6. The zero-order valence-electron chi connectivity index (χ0n) is 9.91. The molecule has 0 bridgehead atoms. The van der Waals surface area contributed by atoms with Crippen LogP contribution in [0.4, 0.5) is 5.69 Å². The predicted molar refractivity (Wildman–Crippen MR) is 65.1 cm³/mol. The minimum Gasteiger partial charge on any atom is -0.392 e. The summed E-state index contributed by atoms with van der Waals surface area (Å²) in [6.45, 7) is 2.12. The van der Waals surface area contributed by atoms with Crippen molar-refractivity contribution in [3.8, 4) is 0 Å². The van der Waals surface area contributed by atoms with Gasteiger partial charge in [-0.3, -0.25) is 14.8 Å². The second-order valence-electron chi connectivity index (χ2n) is 4.02. The summed E-state index contributed by atoms with van der Waals surface area (Å²) in [6, 6.07) is 4.99. The van der Waals surface area contributed by atoms with Crippen molar-refractivity contribution < 1.29 is 10.0 Å². The topological polar surface area (TPSA) is 81.2 Å². The smallest absolute Gasteiger partial charge is 0.272 e. The van der Waals surface area contributed by atoms with Gasteiger partial charge in [-0.1, -0.05) is 12.1 Å². The van der Waals surface area contributed by atoms with Crippen molar-refractivity contribution in [3.63, 3.8) is 0 Å². The fourth-order valence-electron chi connectivity index (χ4n) is 1.79. The third-order valence-corrected chi connectivity index (χ3v) is 2.82. The van der Waals surface area contributed by atoms with E-state index in [0.717, 1.165) is 11.1 Å². The van der Waals surface area contributed by atoms with E-state index in [1.165, 1.54) is 6.07 Å². The second kappa shape index (κ2) is 4.97. The van der Waals surface area contributed by atoms with Crippen LogP contribution in [0.2, 0.25) is 0 Å². The zero-order valence-corrected chi connectivity index (χ0v) is 9.91. The first kappa shape index (κ1) is 12.3. The van der Waals surface area contributed by atoms with Gasteiger partial charge in [0.05, 0.1) is 24.3 Å². The van der Waals surface area contributed by atoms with Crippen molar-refractivity contribution in [2.24, 2.45) is 0 Å². The van der Waals surface area contributed by atoms with Gasteiger partial charge < -0.3 is 5.11 Å². The van der Waals surface area contributed by atoms with Crippen LogP contribution in [0.1, 0.15) is 16.7 Å². The Morgan fingerprint density at radius 2 is 2.28 bits per heavy atom. The van der Waals surface area contributed by atoms with E-state index in [0.29, 0.717) is 12.1 Å². The summed E-state index contributed by atoms with van der Waals surface area (Å²) < 4.78 is 1.65. The van der Waals surface area contributed by atoms with Crippen LogP contribution < -0.4 is 0 Å². The number of rotatable bonds is 4. The first-order chi connectivity index (χ1) is 8.61. The van der Waals surface area contributed by atoms with Gasteiger partial charge in [-0.15, -0.1) is 0 Å². The van der Waals surface area contributed by atoms with Crippen molar-refractivity contribution in [2.75, 3.05) is 0 Å². The summed E-state index contributed by atoms with van der Waals surface area (Å²) in [7, 11) is 0. The average molecular weight is 247 g/mol. The lowest BCUT2D eigenvalue weighted by molar-refractivity contribution is -0.385. The van der Waals surface area contributed by atoms with Gasteiger partial charge in [-0.05, 0) is 12.5 Å². The molecule has 0 aliphatic carbocycles. The van der Waals surface area contributed by atoms with Gasteiger partial charge in [0.1, 0.15) is 0 Å². The Bertz CT molecular complexity index is 578. The molecule has 0 radical (unpaired) electrons. The van der Waals surface area contributed by atoms with Crippen LogP contribution in [0.25, 0.3) is 0 Å². The Morgan fingerprint density at radius 3 is 2.89 bits per heavy atom. The number of aliphatic hydroxyl groups excluding tert-OH is 1. The van der Waals surface area contributed by atoms with Crippen LogP contribution in [-0.2, 0) is 13.2 Å². The number of nitro benzene ring substituents is 1. The van der Waals surface area contributed by atoms with Crippen LogP contribution in [0.5, 0.6) is 0 Å². The summed E-state index contributed by atoms with van der Waals surface area (Å²) >= 11 is 0. The van der Waals surface area contributed by atoms with E-state index in [1.807, 2.05) is 6.07 Å². The Morgan fingerprint density at radius 1 is 1.50 bits per heavy atom. The van der Waals surface area contributed by atoms with Crippen molar-refractivity contribution in [3.05, 3.63) is 57.4 Å². The Labute approximate surface area is 104 Å². The number of nitrogens with zero attached hydrogens (tertiary/aromatic N) is 3. The molecule has 6 nitrogen and oxygen atoms in total. The maximum atomic E-state index is 10.8. The average Bonchev–Trinajstić information content (AvgIpc) is 2.79. The predicted octanol–water partition coefficient (Wildman–Crippen LogP) is 1.64. The molecule has 1 aromatic heterocycles. The second-order valence-corrected chi connectivity index (χ2v) is 4.02. The molecule has 0 spiro atoms. The molecule has 94 valence electrons. The number of aromatic nitrogens is 2. The lowest BCUT2D eigenvalue weighted by Gasteiger charge is -2.06. The number of hydrogen-bond donors (Lipinski definition) is 1. The maximum Gasteiger partial charge on any atom is 0.272 e. The van der Waals surface area contributed by atoms with Crippen LogP contribution in [0.15, 0.2) is 30.6 Å². The standard InChI is InChI=1S/C12H13N3O3/c1-9-11(3-2-4-12(9)15(17)18)7-14-6-10(8-16)5-13-14/h2-6,16H,7-8H2,1H3. The summed E-state index contributed by atoms with van der Waals surface area (Å²) in [5.74, 6) is 0.